The molecule has 3 aromatic rings. The van der Waals surface area contributed by atoms with Crippen molar-refractivity contribution in [1.82, 2.24) is 20.6 Å². The summed E-state index contributed by atoms with van der Waals surface area (Å²) in [6.07, 6.45) is -0.0981. The van der Waals surface area contributed by atoms with Gasteiger partial charge in [0.1, 0.15) is 17.7 Å². The highest BCUT2D eigenvalue weighted by atomic mass is 16.5. The Labute approximate surface area is 215 Å². The van der Waals surface area contributed by atoms with Crippen molar-refractivity contribution in [3.8, 4) is 17.0 Å². The normalized spacial score (nSPS) is 16.9. The monoisotopic (exact) mass is 502 g/mol. The van der Waals surface area contributed by atoms with Crippen molar-refractivity contribution in [2.24, 2.45) is 0 Å². The summed E-state index contributed by atoms with van der Waals surface area (Å²) in [5.74, 6) is 1.88. The average molecular weight is 503 g/mol. The number of aromatic nitrogens is 2. The van der Waals surface area contributed by atoms with Crippen LogP contribution < -0.4 is 25.6 Å². The molecule has 1 atom stereocenters. The third-order valence-corrected chi connectivity index (χ3v) is 6.36. The van der Waals surface area contributed by atoms with E-state index in [0.29, 0.717) is 49.3 Å². The summed E-state index contributed by atoms with van der Waals surface area (Å²) < 4.78 is 11.2. The standard InChI is InChI=1S/C27H30N6O4/c1-3-29-27(35)30-19-8-6-18(7-9-19)24-21-14-23(34)33(16-17-4-10-20(36-2)11-5-17)26(21)32-25(31-24)22-15-28-12-13-37-22/h4-11,22,28H,3,12-16H2,1-2H3,(H2,29,30,35). The molecule has 1 fully saturated rings. The molecule has 0 radical (unpaired) electrons. The minimum absolute atomic E-state index is 0.0317. The molecule has 2 aromatic carbocycles. The number of fused-ring (bicyclic) bond motifs is 1. The van der Waals surface area contributed by atoms with Crippen LogP contribution in [0.3, 0.4) is 0 Å². The number of hydrogen-bond acceptors (Lipinski definition) is 7. The Kier molecular flexibility index (Phi) is 7.29. The topological polar surface area (TPSA) is 118 Å². The molecular formula is C27H30N6O4. The number of methoxy groups -OCH3 is 1. The fourth-order valence-corrected chi connectivity index (χ4v) is 4.48. The molecule has 3 N–H and O–H groups in total. The number of hydrogen-bond donors (Lipinski definition) is 3. The highest BCUT2D eigenvalue weighted by Gasteiger charge is 2.34. The summed E-state index contributed by atoms with van der Waals surface area (Å²) in [5, 5.41) is 8.84. The number of ether oxygens (including phenoxy) is 2. The molecule has 2 aliphatic heterocycles. The first-order valence-corrected chi connectivity index (χ1v) is 12.4. The minimum Gasteiger partial charge on any atom is -0.497 e. The van der Waals surface area contributed by atoms with Gasteiger partial charge in [0, 0.05) is 36.4 Å². The predicted octanol–water partition coefficient (Wildman–Crippen LogP) is 3.04. The third kappa shape index (κ3) is 5.40. The van der Waals surface area contributed by atoms with Crippen LogP contribution in [-0.2, 0) is 22.5 Å². The number of morpholine rings is 1. The van der Waals surface area contributed by atoms with Gasteiger partial charge < -0.3 is 25.4 Å². The lowest BCUT2D eigenvalue weighted by Gasteiger charge is -2.24. The number of amides is 3. The smallest absolute Gasteiger partial charge is 0.319 e. The van der Waals surface area contributed by atoms with Crippen LogP contribution in [0.5, 0.6) is 5.75 Å². The summed E-state index contributed by atoms with van der Waals surface area (Å²) >= 11 is 0. The average Bonchev–Trinajstić information content (AvgIpc) is 3.24. The van der Waals surface area contributed by atoms with E-state index in [0.717, 1.165) is 29.0 Å². The van der Waals surface area contributed by atoms with Crippen LogP contribution in [0.4, 0.5) is 16.3 Å². The Morgan fingerprint density at radius 2 is 1.95 bits per heavy atom. The van der Waals surface area contributed by atoms with Crippen LogP contribution >= 0.6 is 0 Å². The molecule has 0 spiro atoms. The van der Waals surface area contributed by atoms with Gasteiger partial charge in [-0.05, 0) is 36.8 Å². The number of nitrogens with zero attached hydrogens (tertiary/aromatic N) is 3. The van der Waals surface area contributed by atoms with E-state index in [1.165, 1.54) is 0 Å². The Morgan fingerprint density at radius 1 is 1.16 bits per heavy atom. The van der Waals surface area contributed by atoms with Gasteiger partial charge in [0.05, 0.1) is 32.4 Å². The fourth-order valence-electron chi connectivity index (χ4n) is 4.48. The molecule has 192 valence electrons. The highest BCUT2D eigenvalue weighted by Crippen LogP contribution is 2.37. The second kappa shape index (κ2) is 10.9. The zero-order valence-corrected chi connectivity index (χ0v) is 20.9. The molecule has 1 aromatic heterocycles. The first-order chi connectivity index (χ1) is 18.1. The van der Waals surface area contributed by atoms with Crippen molar-refractivity contribution in [2.45, 2.75) is 26.0 Å². The number of carbonyl (C=O) groups excluding carboxylic acids is 2. The van der Waals surface area contributed by atoms with E-state index in [1.807, 2.05) is 55.5 Å². The maximum absolute atomic E-state index is 13.2. The van der Waals surface area contributed by atoms with Crippen molar-refractivity contribution in [3.63, 3.8) is 0 Å². The maximum atomic E-state index is 13.2. The van der Waals surface area contributed by atoms with Crippen LogP contribution in [0.25, 0.3) is 11.3 Å². The lowest BCUT2D eigenvalue weighted by molar-refractivity contribution is -0.117. The van der Waals surface area contributed by atoms with Gasteiger partial charge in [0.15, 0.2) is 5.82 Å². The summed E-state index contributed by atoms with van der Waals surface area (Å²) in [5.41, 5.74) is 3.96. The highest BCUT2D eigenvalue weighted by molar-refractivity contribution is 6.02. The molecule has 1 saturated heterocycles. The van der Waals surface area contributed by atoms with Crippen molar-refractivity contribution in [2.75, 3.05) is 43.6 Å². The quantitative estimate of drug-likeness (QED) is 0.455. The van der Waals surface area contributed by atoms with Crippen LogP contribution in [0.2, 0.25) is 0 Å². The van der Waals surface area contributed by atoms with Gasteiger partial charge in [-0.15, -0.1) is 0 Å². The van der Waals surface area contributed by atoms with E-state index in [-0.39, 0.29) is 24.5 Å². The van der Waals surface area contributed by atoms with E-state index in [9.17, 15) is 9.59 Å². The molecule has 3 heterocycles. The van der Waals surface area contributed by atoms with Gasteiger partial charge in [0.2, 0.25) is 5.91 Å². The summed E-state index contributed by atoms with van der Waals surface area (Å²) in [6, 6.07) is 14.8. The molecule has 1 unspecified atom stereocenters. The molecule has 10 heteroatoms. The van der Waals surface area contributed by atoms with Crippen LogP contribution in [0.1, 0.15) is 30.0 Å². The van der Waals surface area contributed by atoms with E-state index >= 15 is 0 Å². The molecule has 5 rings (SSSR count). The Bertz CT molecular complexity index is 1270. The van der Waals surface area contributed by atoms with Gasteiger partial charge in [-0.2, -0.15) is 0 Å². The number of carbonyl (C=O) groups is 2. The lowest BCUT2D eigenvalue weighted by Crippen LogP contribution is -2.34. The minimum atomic E-state index is -0.310. The van der Waals surface area contributed by atoms with Crippen molar-refractivity contribution in [1.29, 1.82) is 0 Å². The fraction of sp³-hybridized carbons (Fsp3) is 0.333. The van der Waals surface area contributed by atoms with E-state index in [4.69, 9.17) is 19.4 Å². The van der Waals surface area contributed by atoms with Gasteiger partial charge in [-0.25, -0.2) is 14.8 Å². The molecule has 0 bridgehead atoms. The number of urea groups is 1. The largest absolute Gasteiger partial charge is 0.497 e. The van der Waals surface area contributed by atoms with E-state index in [1.54, 1.807) is 12.0 Å². The van der Waals surface area contributed by atoms with Crippen LogP contribution in [-0.4, -0.2) is 55.3 Å². The molecule has 2 aliphatic rings. The number of anilines is 2. The number of benzene rings is 2. The third-order valence-electron chi connectivity index (χ3n) is 6.36. The van der Waals surface area contributed by atoms with Gasteiger partial charge in [-0.1, -0.05) is 24.3 Å². The predicted molar refractivity (Wildman–Crippen MR) is 140 cm³/mol. The number of nitrogens with one attached hydrogen (secondary N) is 3. The lowest BCUT2D eigenvalue weighted by atomic mass is 10.0. The number of rotatable bonds is 7. The summed E-state index contributed by atoms with van der Waals surface area (Å²) in [6.45, 7) is 4.73. The van der Waals surface area contributed by atoms with Crippen molar-refractivity contribution < 1.29 is 19.1 Å². The van der Waals surface area contributed by atoms with Gasteiger partial charge in [-0.3, -0.25) is 9.69 Å². The summed E-state index contributed by atoms with van der Waals surface area (Å²) in [7, 11) is 1.62. The molecule has 0 aliphatic carbocycles. The zero-order valence-electron chi connectivity index (χ0n) is 20.9. The Balaban J connectivity index is 1.50. The Hall–Kier alpha value is -4.02. The van der Waals surface area contributed by atoms with E-state index in [2.05, 4.69) is 16.0 Å². The summed E-state index contributed by atoms with van der Waals surface area (Å²) in [4.78, 5) is 36.5. The van der Waals surface area contributed by atoms with Gasteiger partial charge in [0.25, 0.3) is 0 Å². The molecule has 0 saturated carbocycles. The van der Waals surface area contributed by atoms with Crippen molar-refractivity contribution in [3.05, 3.63) is 65.5 Å². The van der Waals surface area contributed by atoms with Crippen LogP contribution in [0, 0.1) is 0 Å². The van der Waals surface area contributed by atoms with Crippen LogP contribution in [0.15, 0.2) is 48.5 Å². The molecule has 3 amide bonds. The van der Waals surface area contributed by atoms with E-state index < -0.39 is 0 Å². The first kappa shape index (κ1) is 24.7. The second-order valence-electron chi connectivity index (χ2n) is 8.86. The zero-order chi connectivity index (χ0) is 25.8. The van der Waals surface area contributed by atoms with Crippen molar-refractivity contribution >= 4 is 23.4 Å². The Morgan fingerprint density at radius 3 is 2.62 bits per heavy atom. The first-order valence-electron chi connectivity index (χ1n) is 12.4. The van der Waals surface area contributed by atoms with Gasteiger partial charge >= 0.3 is 6.03 Å². The molecular weight excluding hydrogens is 472 g/mol. The SMILES string of the molecule is CCNC(=O)Nc1ccc(-c2nc(C3CNCCO3)nc3c2CC(=O)N3Cc2ccc(OC)cc2)cc1. The molecule has 10 nitrogen and oxygen atoms in total. The maximum Gasteiger partial charge on any atom is 0.319 e. The second-order valence-corrected chi connectivity index (χ2v) is 8.86. The molecule has 37 heavy (non-hydrogen) atoms.